The number of aryl methyl sites for hydroxylation is 1. The van der Waals surface area contributed by atoms with E-state index in [0.717, 1.165) is 23.5 Å². The molecule has 6 heteroatoms. The van der Waals surface area contributed by atoms with Gasteiger partial charge in [0.1, 0.15) is 0 Å². The van der Waals surface area contributed by atoms with Gasteiger partial charge in [0, 0.05) is 37.4 Å². The second-order valence-electron chi connectivity index (χ2n) is 6.53. The van der Waals surface area contributed by atoms with Gasteiger partial charge in [0.25, 0.3) is 0 Å². The number of rotatable bonds is 7. The molecule has 6 nitrogen and oxygen atoms in total. The molecule has 0 aliphatic carbocycles. The Morgan fingerprint density at radius 1 is 0.963 bits per heavy atom. The van der Waals surface area contributed by atoms with E-state index in [4.69, 9.17) is 0 Å². The van der Waals surface area contributed by atoms with E-state index in [2.05, 4.69) is 10.1 Å². The lowest BCUT2D eigenvalue weighted by molar-refractivity contribution is -0.140. The predicted octanol–water partition coefficient (Wildman–Crippen LogP) is 2.96. The zero-order valence-electron chi connectivity index (χ0n) is 15.8. The Bertz CT molecular complexity index is 787. The van der Waals surface area contributed by atoms with E-state index in [9.17, 15) is 9.59 Å². The number of nitrogens with zero attached hydrogens (tertiary/aromatic N) is 2. The molecule has 0 spiro atoms. The van der Waals surface area contributed by atoms with Crippen LogP contribution >= 0.6 is 0 Å². The number of amides is 2. The van der Waals surface area contributed by atoms with Crippen LogP contribution in [0.3, 0.4) is 0 Å². The van der Waals surface area contributed by atoms with Crippen molar-refractivity contribution in [3.8, 4) is 0 Å². The molecule has 2 aromatic rings. The minimum Gasteiger partial charge on any atom is -0.469 e. The van der Waals surface area contributed by atoms with E-state index >= 15 is 0 Å². The minimum atomic E-state index is -0.217. The third-order valence-corrected chi connectivity index (χ3v) is 4.73. The number of urea groups is 1. The maximum absolute atomic E-state index is 12.8. The Balaban J connectivity index is 1.65. The van der Waals surface area contributed by atoms with Crippen molar-refractivity contribution in [2.24, 2.45) is 0 Å². The molecule has 2 amide bonds. The number of hydrogen-bond donors (Lipinski definition) is 1. The Morgan fingerprint density at radius 2 is 1.48 bits per heavy atom. The van der Waals surface area contributed by atoms with Crippen molar-refractivity contribution in [3.63, 3.8) is 0 Å². The molecular weight excluding hydrogens is 342 g/mol. The molecule has 1 fully saturated rings. The summed E-state index contributed by atoms with van der Waals surface area (Å²) in [5.41, 5.74) is 4.02. The summed E-state index contributed by atoms with van der Waals surface area (Å²) in [4.78, 5) is 27.7. The van der Waals surface area contributed by atoms with Gasteiger partial charge in [-0.05, 0) is 48.9 Å². The van der Waals surface area contributed by atoms with Crippen LogP contribution in [0.2, 0.25) is 0 Å². The molecule has 1 saturated heterocycles. The number of anilines is 2. The summed E-state index contributed by atoms with van der Waals surface area (Å²) in [6, 6.07) is 15.8. The molecule has 1 aliphatic rings. The van der Waals surface area contributed by atoms with Crippen molar-refractivity contribution < 1.29 is 14.3 Å². The molecular formula is C21H25N3O3. The first-order valence-corrected chi connectivity index (χ1v) is 9.10. The first kappa shape index (κ1) is 18.9. The topological polar surface area (TPSA) is 61.9 Å². The second kappa shape index (κ2) is 8.68. The maximum Gasteiger partial charge on any atom is 0.329 e. The third kappa shape index (κ3) is 4.46. The number of benzene rings is 2. The summed E-state index contributed by atoms with van der Waals surface area (Å²) >= 11 is 0. The van der Waals surface area contributed by atoms with Gasteiger partial charge in [-0.1, -0.05) is 24.3 Å². The van der Waals surface area contributed by atoms with Crippen molar-refractivity contribution in [1.82, 2.24) is 5.32 Å². The SMILES string of the molecule is CNCc1ccc(N2CCN(c3ccc(CCC(=O)OC)cc3)C2=O)cc1. The van der Waals surface area contributed by atoms with Crippen LogP contribution in [0.4, 0.5) is 16.2 Å². The van der Waals surface area contributed by atoms with Crippen molar-refractivity contribution in [2.75, 3.05) is 37.0 Å². The van der Waals surface area contributed by atoms with Crippen molar-refractivity contribution in [3.05, 3.63) is 59.7 Å². The normalized spacial score (nSPS) is 13.9. The van der Waals surface area contributed by atoms with E-state index in [1.807, 2.05) is 55.6 Å². The summed E-state index contributed by atoms with van der Waals surface area (Å²) < 4.78 is 4.66. The van der Waals surface area contributed by atoms with Crippen LogP contribution < -0.4 is 15.1 Å². The fraction of sp³-hybridized carbons (Fsp3) is 0.333. The molecule has 1 heterocycles. The molecule has 3 rings (SSSR count). The summed E-state index contributed by atoms with van der Waals surface area (Å²) in [6.45, 7) is 2.12. The van der Waals surface area contributed by atoms with Gasteiger partial charge >= 0.3 is 12.0 Å². The highest BCUT2D eigenvalue weighted by Gasteiger charge is 2.30. The lowest BCUT2D eigenvalue weighted by atomic mass is 10.1. The van der Waals surface area contributed by atoms with Gasteiger partial charge in [-0.15, -0.1) is 0 Å². The maximum atomic E-state index is 12.8. The molecule has 0 radical (unpaired) electrons. The fourth-order valence-corrected chi connectivity index (χ4v) is 3.20. The van der Waals surface area contributed by atoms with Gasteiger partial charge in [-0.25, -0.2) is 4.79 Å². The van der Waals surface area contributed by atoms with Crippen molar-refractivity contribution >= 4 is 23.4 Å². The van der Waals surface area contributed by atoms with Crippen molar-refractivity contribution in [2.45, 2.75) is 19.4 Å². The summed E-state index contributed by atoms with van der Waals surface area (Å²) in [5.74, 6) is -0.217. The molecule has 1 N–H and O–H groups in total. The summed E-state index contributed by atoms with van der Waals surface area (Å²) in [7, 11) is 3.31. The van der Waals surface area contributed by atoms with E-state index in [0.29, 0.717) is 25.9 Å². The number of carbonyl (C=O) groups is 2. The van der Waals surface area contributed by atoms with Crippen LogP contribution in [0.1, 0.15) is 17.5 Å². The average molecular weight is 367 g/mol. The zero-order chi connectivity index (χ0) is 19.2. The van der Waals surface area contributed by atoms with Gasteiger partial charge < -0.3 is 10.1 Å². The Morgan fingerprint density at radius 3 is 1.96 bits per heavy atom. The number of esters is 1. The highest BCUT2D eigenvalue weighted by Crippen LogP contribution is 2.26. The van der Waals surface area contributed by atoms with Gasteiger partial charge in [0.15, 0.2) is 0 Å². The van der Waals surface area contributed by atoms with Gasteiger partial charge in [0.05, 0.1) is 7.11 Å². The first-order chi connectivity index (χ1) is 13.1. The van der Waals surface area contributed by atoms with Crippen molar-refractivity contribution in [1.29, 1.82) is 0 Å². The summed E-state index contributed by atoms with van der Waals surface area (Å²) in [6.07, 6.45) is 0.988. The van der Waals surface area contributed by atoms with Crippen LogP contribution in [0.5, 0.6) is 0 Å². The standard InChI is InChI=1S/C21H25N3O3/c1-22-15-17-5-10-19(11-6-17)24-14-13-23(21(24)26)18-8-3-16(4-9-18)7-12-20(25)27-2/h3-6,8-11,22H,7,12-15H2,1-2H3. The smallest absolute Gasteiger partial charge is 0.329 e. The molecule has 0 unspecified atom stereocenters. The largest absolute Gasteiger partial charge is 0.469 e. The number of carbonyl (C=O) groups excluding carboxylic acids is 2. The molecule has 1 aliphatic heterocycles. The lowest BCUT2D eigenvalue weighted by Gasteiger charge is -2.19. The van der Waals surface area contributed by atoms with Gasteiger partial charge in [-0.3, -0.25) is 14.6 Å². The number of nitrogens with one attached hydrogen (secondary N) is 1. The Labute approximate surface area is 159 Å². The lowest BCUT2D eigenvalue weighted by Crippen LogP contribution is -2.31. The Kier molecular flexibility index (Phi) is 6.08. The second-order valence-corrected chi connectivity index (χ2v) is 6.53. The molecule has 0 saturated carbocycles. The number of methoxy groups -OCH3 is 1. The quantitative estimate of drug-likeness (QED) is 0.765. The van der Waals surface area contributed by atoms with E-state index in [1.54, 1.807) is 9.80 Å². The molecule has 27 heavy (non-hydrogen) atoms. The monoisotopic (exact) mass is 367 g/mol. The fourth-order valence-electron chi connectivity index (χ4n) is 3.20. The van der Waals surface area contributed by atoms with Gasteiger partial charge in [-0.2, -0.15) is 0 Å². The molecule has 142 valence electrons. The Hall–Kier alpha value is -2.86. The minimum absolute atomic E-state index is 0.0151. The number of ether oxygens (including phenoxy) is 1. The molecule has 2 aromatic carbocycles. The zero-order valence-corrected chi connectivity index (χ0v) is 15.8. The van der Waals surface area contributed by atoms with Gasteiger partial charge in [0.2, 0.25) is 0 Å². The van der Waals surface area contributed by atoms with Crippen LogP contribution in [0.25, 0.3) is 0 Å². The van der Waals surface area contributed by atoms with Crippen LogP contribution in [0, 0.1) is 0 Å². The highest BCUT2D eigenvalue weighted by molar-refractivity contribution is 6.06. The molecule has 0 aromatic heterocycles. The first-order valence-electron chi connectivity index (χ1n) is 9.10. The average Bonchev–Trinajstić information content (AvgIpc) is 3.08. The predicted molar refractivity (Wildman–Crippen MR) is 106 cm³/mol. The highest BCUT2D eigenvalue weighted by atomic mass is 16.5. The number of hydrogen-bond acceptors (Lipinski definition) is 4. The summed E-state index contributed by atoms with van der Waals surface area (Å²) in [5, 5.41) is 3.12. The molecule has 0 atom stereocenters. The van der Waals surface area contributed by atoms with Crippen LogP contribution in [-0.4, -0.2) is 39.2 Å². The van der Waals surface area contributed by atoms with E-state index in [-0.39, 0.29) is 12.0 Å². The molecule has 0 bridgehead atoms. The van der Waals surface area contributed by atoms with Crippen LogP contribution in [0.15, 0.2) is 48.5 Å². The van der Waals surface area contributed by atoms with E-state index in [1.165, 1.54) is 12.7 Å². The van der Waals surface area contributed by atoms with E-state index < -0.39 is 0 Å². The third-order valence-electron chi connectivity index (χ3n) is 4.73. The van der Waals surface area contributed by atoms with Crippen LogP contribution in [-0.2, 0) is 22.5 Å².